The van der Waals surface area contributed by atoms with Gasteiger partial charge in [0.05, 0.1) is 12.6 Å². The third-order valence-electron chi connectivity index (χ3n) is 2.78. The summed E-state index contributed by atoms with van der Waals surface area (Å²) in [6, 6.07) is -0.623. The van der Waals surface area contributed by atoms with Gasteiger partial charge in [-0.05, 0) is 20.8 Å². The van der Waals surface area contributed by atoms with Crippen LogP contribution in [-0.4, -0.2) is 45.2 Å². The lowest BCUT2D eigenvalue weighted by Gasteiger charge is -2.36. The first-order chi connectivity index (χ1) is 6.72. The lowest BCUT2D eigenvalue weighted by atomic mass is 9.96. The maximum Gasteiger partial charge on any atom is 0.410 e. The van der Waals surface area contributed by atoms with Gasteiger partial charge >= 0.3 is 6.09 Å². The Balaban J connectivity index is 3.02. The Labute approximate surface area is 89.0 Å². The van der Waals surface area contributed by atoms with Crippen molar-refractivity contribution < 1.29 is 19.7 Å². The summed E-state index contributed by atoms with van der Waals surface area (Å²) >= 11 is 0. The van der Waals surface area contributed by atoms with E-state index in [0.29, 0.717) is 0 Å². The van der Waals surface area contributed by atoms with Gasteiger partial charge in [-0.2, -0.15) is 0 Å². The van der Waals surface area contributed by atoms with E-state index >= 15 is 0 Å². The molecule has 1 amide bonds. The highest BCUT2D eigenvalue weighted by Gasteiger charge is 2.50. The molecule has 0 radical (unpaired) electrons. The molecule has 1 heterocycles. The van der Waals surface area contributed by atoms with Crippen molar-refractivity contribution in [2.75, 3.05) is 6.61 Å². The lowest BCUT2D eigenvalue weighted by Crippen LogP contribution is -2.55. The van der Waals surface area contributed by atoms with Gasteiger partial charge in [0.15, 0.2) is 0 Å². The summed E-state index contributed by atoms with van der Waals surface area (Å²) in [4.78, 5) is 12.2. The summed E-state index contributed by atoms with van der Waals surface area (Å²) < 4.78 is 5.35. The van der Waals surface area contributed by atoms with Gasteiger partial charge in [-0.15, -0.1) is 6.58 Å². The third-order valence-corrected chi connectivity index (χ3v) is 2.78. The molecule has 0 spiro atoms. The van der Waals surface area contributed by atoms with E-state index in [1.54, 1.807) is 13.8 Å². The maximum absolute atomic E-state index is 11.1. The molecule has 86 valence electrons. The van der Waals surface area contributed by atoms with E-state index in [4.69, 9.17) is 9.84 Å². The van der Waals surface area contributed by atoms with E-state index in [1.807, 2.05) is 0 Å². The molecule has 2 unspecified atom stereocenters. The predicted molar refractivity (Wildman–Crippen MR) is 54.5 cm³/mol. The van der Waals surface area contributed by atoms with Gasteiger partial charge in [0.25, 0.3) is 0 Å². The molecular weight excluding hydrogens is 198 g/mol. The monoisotopic (exact) mass is 215 g/mol. The topological polar surface area (TPSA) is 70.0 Å². The Bertz CT molecular complexity index is 285. The fourth-order valence-electron chi connectivity index (χ4n) is 1.73. The Kier molecular flexibility index (Phi) is 2.80. The van der Waals surface area contributed by atoms with Crippen LogP contribution < -0.4 is 0 Å². The Hall–Kier alpha value is -1.07. The lowest BCUT2D eigenvalue weighted by molar-refractivity contribution is -0.0510. The van der Waals surface area contributed by atoms with Crippen molar-refractivity contribution in [3.05, 3.63) is 12.7 Å². The first kappa shape index (κ1) is 12.0. The van der Waals surface area contributed by atoms with Crippen LogP contribution in [0, 0.1) is 0 Å². The molecule has 0 aromatic carbocycles. The predicted octanol–water partition coefficient (Wildman–Crippen LogP) is 1.04. The average Bonchev–Trinajstić information content (AvgIpc) is 2.41. The molecule has 0 aromatic rings. The average molecular weight is 215 g/mol. The third kappa shape index (κ3) is 1.98. The number of hydrogen-bond acceptors (Lipinski definition) is 3. The van der Waals surface area contributed by atoms with Crippen molar-refractivity contribution in [3.63, 3.8) is 0 Å². The largest absolute Gasteiger partial charge is 0.465 e. The van der Waals surface area contributed by atoms with Gasteiger partial charge in [-0.1, -0.05) is 6.08 Å². The zero-order chi connectivity index (χ0) is 11.9. The van der Waals surface area contributed by atoms with Crippen molar-refractivity contribution in [1.82, 2.24) is 4.90 Å². The van der Waals surface area contributed by atoms with Crippen molar-refractivity contribution in [2.45, 2.75) is 38.1 Å². The fourth-order valence-corrected chi connectivity index (χ4v) is 1.73. The van der Waals surface area contributed by atoms with E-state index in [2.05, 4.69) is 6.58 Å². The van der Waals surface area contributed by atoms with Crippen LogP contribution in [0.2, 0.25) is 0 Å². The molecule has 0 aliphatic carbocycles. The van der Waals surface area contributed by atoms with Gasteiger partial charge in [0.1, 0.15) is 11.3 Å². The summed E-state index contributed by atoms with van der Waals surface area (Å²) in [7, 11) is 0. The summed E-state index contributed by atoms with van der Waals surface area (Å²) in [6.45, 7) is 8.48. The first-order valence-electron chi connectivity index (χ1n) is 4.74. The van der Waals surface area contributed by atoms with E-state index in [0.717, 1.165) is 4.90 Å². The summed E-state index contributed by atoms with van der Waals surface area (Å²) in [5.41, 5.74) is -2.20. The molecule has 5 nitrogen and oxygen atoms in total. The molecule has 1 saturated heterocycles. The molecule has 2 atom stereocenters. The molecule has 0 bridgehead atoms. The van der Waals surface area contributed by atoms with Crippen molar-refractivity contribution in [2.24, 2.45) is 0 Å². The van der Waals surface area contributed by atoms with Gasteiger partial charge < -0.3 is 14.9 Å². The van der Waals surface area contributed by atoms with E-state index in [1.165, 1.54) is 13.0 Å². The smallest absolute Gasteiger partial charge is 0.410 e. The quantitative estimate of drug-likeness (QED) is 0.675. The van der Waals surface area contributed by atoms with Crippen LogP contribution in [0.25, 0.3) is 0 Å². The minimum Gasteiger partial charge on any atom is -0.465 e. The summed E-state index contributed by atoms with van der Waals surface area (Å²) in [5.74, 6) is 0. The Morgan fingerprint density at radius 2 is 2.27 bits per heavy atom. The second-order valence-electron chi connectivity index (χ2n) is 4.36. The molecular formula is C10H17NO4. The summed E-state index contributed by atoms with van der Waals surface area (Å²) in [5, 5.41) is 19.1. The van der Waals surface area contributed by atoms with Gasteiger partial charge in [-0.25, -0.2) is 4.79 Å². The number of rotatable bonds is 2. The zero-order valence-corrected chi connectivity index (χ0v) is 9.23. The highest BCUT2D eigenvalue weighted by molar-refractivity contribution is 5.67. The fraction of sp³-hybridized carbons (Fsp3) is 0.700. The van der Waals surface area contributed by atoms with Crippen LogP contribution in [0.5, 0.6) is 0 Å². The van der Waals surface area contributed by atoms with E-state index in [-0.39, 0.29) is 6.61 Å². The number of ether oxygens (including phenoxy) is 1. The van der Waals surface area contributed by atoms with Crippen LogP contribution in [0.15, 0.2) is 12.7 Å². The molecule has 1 fully saturated rings. The standard InChI is InChI=1S/C10H17NO4/c1-5-10(4,14)7-6-15-9(2,3)11(7)8(12)13/h5,7,14H,1,6H2,2-4H3,(H,12,13). The number of carbonyl (C=O) groups is 1. The molecule has 15 heavy (non-hydrogen) atoms. The Morgan fingerprint density at radius 1 is 1.73 bits per heavy atom. The normalized spacial score (nSPS) is 28.5. The van der Waals surface area contributed by atoms with Crippen LogP contribution in [0.3, 0.4) is 0 Å². The van der Waals surface area contributed by atoms with E-state index < -0.39 is 23.5 Å². The highest BCUT2D eigenvalue weighted by Crippen LogP contribution is 2.33. The number of carboxylic acid groups (broad SMARTS) is 1. The second kappa shape index (κ2) is 3.50. The van der Waals surface area contributed by atoms with Gasteiger partial charge in [0.2, 0.25) is 0 Å². The van der Waals surface area contributed by atoms with Gasteiger partial charge in [-0.3, -0.25) is 4.90 Å². The molecule has 0 saturated carbocycles. The molecule has 0 aromatic heterocycles. The number of nitrogens with zero attached hydrogens (tertiary/aromatic N) is 1. The molecule has 1 rings (SSSR count). The molecule has 2 N–H and O–H groups in total. The zero-order valence-electron chi connectivity index (χ0n) is 9.23. The SMILES string of the molecule is C=CC(C)(O)C1COC(C)(C)N1C(=O)O. The van der Waals surface area contributed by atoms with Crippen molar-refractivity contribution in [1.29, 1.82) is 0 Å². The van der Waals surface area contributed by atoms with Crippen LogP contribution >= 0.6 is 0 Å². The maximum atomic E-state index is 11.1. The van der Waals surface area contributed by atoms with Gasteiger partial charge in [0, 0.05) is 0 Å². The first-order valence-corrected chi connectivity index (χ1v) is 4.74. The highest BCUT2D eigenvalue weighted by atomic mass is 16.5. The number of amides is 1. The molecule has 1 aliphatic rings. The number of hydrogen-bond donors (Lipinski definition) is 2. The minimum absolute atomic E-state index is 0.165. The Morgan fingerprint density at radius 3 is 2.67 bits per heavy atom. The van der Waals surface area contributed by atoms with Crippen LogP contribution in [0.4, 0.5) is 4.79 Å². The summed E-state index contributed by atoms with van der Waals surface area (Å²) in [6.07, 6.45) is 0.225. The molecule has 1 aliphatic heterocycles. The second-order valence-corrected chi connectivity index (χ2v) is 4.36. The number of aliphatic hydroxyl groups is 1. The van der Waals surface area contributed by atoms with Crippen LogP contribution in [0.1, 0.15) is 20.8 Å². The molecule has 5 heteroatoms. The van der Waals surface area contributed by atoms with Crippen molar-refractivity contribution in [3.8, 4) is 0 Å². The minimum atomic E-state index is -1.29. The van der Waals surface area contributed by atoms with E-state index in [9.17, 15) is 9.90 Å². The van der Waals surface area contributed by atoms with Crippen molar-refractivity contribution >= 4 is 6.09 Å². The van der Waals surface area contributed by atoms with Crippen LogP contribution in [-0.2, 0) is 4.74 Å².